The van der Waals surface area contributed by atoms with Crippen LogP contribution in [0.1, 0.15) is 115 Å². The highest BCUT2D eigenvalue weighted by atomic mass is 15.1. The van der Waals surface area contributed by atoms with Crippen LogP contribution in [0.5, 0.6) is 0 Å². The minimum absolute atomic E-state index is 0.147. The topological polar surface area (TPSA) is 42.7 Å². The molecule has 0 amide bonds. The predicted octanol–water partition coefficient (Wildman–Crippen LogP) is 9.40. The lowest BCUT2D eigenvalue weighted by Gasteiger charge is -2.18. The van der Waals surface area contributed by atoms with Gasteiger partial charge in [-0.15, -0.1) is 0 Å². The molecule has 4 heteroatoms. The Morgan fingerprint density at radius 1 is 0.750 bits per heavy atom. The molecular weight excluding hydrogens is 488 g/mol. The van der Waals surface area contributed by atoms with E-state index in [4.69, 9.17) is 9.97 Å². The Balaban J connectivity index is 1.51. The van der Waals surface area contributed by atoms with Gasteiger partial charge in [-0.3, -0.25) is 4.98 Å². The highest BCUT2D eigenvalue weighted by Gasteiger charge is 2.22. The van der Waals surface area contributed by atoms with Crippen LogP contribution in [0.2, 0.25) is 0 Å². The summed E-state index contributed by atoms with van der Waals surface area (Å²) in [4.78, 5) is 10.4. The third-order valence-electron chi connectivity index (χ3n) is 7.84. The molecule has 1 N–H and O–H groups in total. The molecule has 0 aliphatic carbocycles. The van der Waals surface area contributed by atoms with Crippen molar-refractivity contribution >= 4 is 21.9 Å². The van der Waals surface area contributed by atoms with Crippen LogP contribution in [0.3, 0.4) is 0 Å². The molecular formula is C36H52N4. The number of benzene rings is 2. The molecule has 0 fully saturated rings. The molecule has 0 saturated carbocycles. The van der Waals surface area contributed by atoms with Crippen LogP contribution >= 0.6 is 0 Å². The fraction of sp³-hybridized carbons (Fsp3) is 0.556. The SMILES string of the molecule is CCCCCCCCCNCc1ccc(Cn2c(CCCC)nc3c(CC(C)(C)C)nc4ccccc4c32)cc1. The summed E-state index contributed by atoms with van der Waals surface area (Å²) in [6.45, 7) is 14.3. The monoisotopic (exact) mass is 540 g/mol. The van der Waals surface area contributed by atoms with Crippen LogP contribution in [-0.4, -0.2) is 21.1 Å². The summed E-state index contributed by atoms with van der Waals surface area (Å²) < 4.78 is 2.48. The standard InChI is InChI=1S/C36H52N4/c1-6-8-10-11-12-13-16-24-37-26-28-20-22-29(23-21-28)27-40-33(19-9-7-2)39-34-32(25-36(3,4)5)38-31-18-15-14-17-30(31)35(34)40/h14-15,17-18,20-23,37H,6-13,16,19,24-27H2,1-5H3. The van der Waals surface area contributed by atoms with E-state index in [0.29, 0.717) is 0 Å². The first-order valence-electron chi connectivity index (χ1n) is 15.9. The zero-order valence-electron chi connectivity index (χ0n) is 25.9. The number of rotatable bonds is 16. The van der Waals surface area contributed by atoms with Crippen molar-refractivity contribution in [1.29, 1.82) is 0 Å². The number of aryl methyl sites for hydroxylation is 1. The van der Waals surface area contributed by atoms with Gasteiger partial charge in [0.05, 0.1) is 16.7 Å². The zero-order valence-corrected chi connectivity index (χ0v) is 25.9. The average molecular weight is 541 g/mol. The molecule has 2 aromatic carbocycles. The second kappa shape index (κ2) is 14.8. The Morgan fingerprint density at radius 3 is 2.15 bits per heavy atom. The van der Waals surface area contributed by atoms with E-state index in [2.05, 4.69) is 93.0 Å². The summed E-state index contributed by atoms with van der Waals surface area (Å²) in [5.41, 5.74) is 7.36. The number of aromatic nitrogens is 3. The van der Waals surface area contributed by atoms with E-state index in [9.17, 15) is 0 Å². The Labute approximate surface area is 243 Å². The molecule has 0 aliphatic heterocycles. The summed E-state index contributed by atoms with van der Waals surface area (Å²) in [6, 6.07) is 17.8. The van der Waals surface area contributed by atoms with E-state index < -0.39 is 0 Å². The smallest absolute Gasteiger partial charge is 0.111 e. The summed E-state index contributed by atoms with van der Waals surface area (Å²) in [6.07, 6.45) is 13.7. The number of nitrogens with zero attached hydrogens (tertiary/aromatic N) is 3. The lowest BCUT2D eigenvalue weighted by molar-refractivity contribution is 0.408. The van der Waals surface area contributed by atoms with Crippen LogP contribution in [-0.2, 0) is 25.9 Å². The Morgan fingerprint density at radius 2 is 1.43 bits per heavy atom. The fourth-order valence-corrected chi connectivity index (χ4v) is 5.65. The maximum atomic E-state index is 5.27. The van der Waals surface area contributed by atoms with Gasteiger partial charge in [0, 0.05) is 24.9 Å². The molecule has 0 unspecified atom stereocenters. The largest absolute Gasteiger partial charge is 0.323 e. The molecule has 4 aromatic rings. The van der Waals surface area contributed by atoms with Gasteiger partial charge < -0.3 is 9.88 Å². The van der Waals surface area contributed by atoms with E-state index in [1.54, 1.807) is 0 Å². The van der Waals surface area contributed by atoms with E-state index in [0.717, 1.165) is 62.0 Å². The molecule has 4 nitrogen and oxygen atoms in total. The van der Waals surface area contributed by atoms with Crippen LogP contribution in [0.15, 0.2) is 48.5 Å². The fourth-order valence-electron chi connectivity index (χ4n) is 5.65. The van der Waals surface area contributed by atoms with Crippen molar-refractivity contribution in [2.24, 2.45) is 5.41 Å². The number of unbranched alkanes of at least 4 members (excludes halogenated alkanes) is 7. The van der Waals surface area contributed by atoms with Gasteiger partial charge in [0.25, 0.3) is 0 Å². The van der Waals surface area contributed by atoms with Crippen molar-refractivity contribution in [3.63, 3.8) is 0 Å². The Hall–Kier alpha value is -2.72. The quantitative estimate of drug-likeness (QED) is 0.144. The second-order valence-corrected chi connectivity index (χ2v) is 12.8. The van der Waals surface area contributed by atoms with Crippen molar-refractivity contribution in [3.8, 4) is 0 Å². The Bertz CT molecular complexity index is 1330. The molecule has 4 rings (SSSR count). The van der Waals surface area contributed by atoms with Crippen LogP contribution in [0.25, 0.3) is 21.9 Å². The summed E-state index contributed by atoms with van der Waals surface area (Å²) in [5.74, 6) is 1.19. The van der Waals surface area contributed by atoms with Gasteiger partial charge in [-0.25, -0.2) is 4.98 Å². The molecule has 0 aliphatic rings. The van der Waals surface area contributed by atoms with Crippen LogP contribution < -0.4 is 5.32 Å². The highest BCUT2D eigenvalue weighted by Crippen LogP contribution is 2.32. The van der Waals surface area contributed by atoms with Crippen LogP contribution in [0.4, 0.5) is 0 Å². The van der Waals surface area contributed by atoms with Gasteiger partial charge in [0.15, 0.2) is 0 Å². The minimum atomic E-state index is 0.147. The van der Waals surface area contributed by atoms with Crippen molar-refractivity contribution in [1.82, 2.24) is 19.9 Å². The van der Waals surface area contributed by atoms with Crippen molar-refractivity contribution in [2.45, 2.75) is 118 Å². The van der Waals surface area contributed by atoms with E-state index in [1.165, 1.54) is 72.8 Å². The predicted molar refractivity (Wildman–Crippen MR) is 172 cm³/mol. The third-order valence-corrected chi connectivity index (χ3v) is 7.84. The van der Waals surface area contributed by atoms with Crippen molar-refractivity contribution < 1.29 is 0 Å². The van der Waals surface area contributed by atoms with Gasteiger partial charge in [-0.1, -0.05) is 122 Å². The molecule has 2 aromatic heterocycles. The van der Waals surface area contributed by atoms with Gasteiger partial charge in [0.1, 0.15) is 11.3 Å². The van der Waals surface area contributed by atoms with Gasteiger partial charge in [-0.05, 0) is 48.4 Å². The van der Waals surface area contributed by atoms with Crippen molar-refractivity contribution in [3.05, 3.63) is 71.2 Å². The minimum Gasteiger partial charge on any atom is -0.323 e. The molecule has 0 spiro atoms. The van der Waals surface area contributed by atoms with E-state index in [-0.39, 0.29) is 5.41 Å². The molecule has 0 saturated heterocycles. The maximum Gasteiger partial charge on any atom is 0.111 e. The Kier molecular flexibility index (Phi) is 11.2. The lowest BCUT2D eigenvalue weighted by atomic mass is 9.89. The van der Waals surface area contributed by atoms with Gasteiger partial charge in [-0.2, -0.15) is 0 Å². The summed E-state index contributed by atoms with van der Waals surface area (Å²) in [7, 11) is 0. The second-order valence-electron chi connectivity index (χ2n) is 12.8. The number of imidazole rings is 1. The normalized spacial score (nSPS) is 12.1. The first kappa shape index (κ1) is 30.2. The molecule has 2 heterocycles. The van der Waals surface area contributed by atoms with E-state index in [1.807, 2.05) is 0 Å². The molecule has 0 bridgehead atoms. The summed E-state index contributed by atoms with van der Waals surface area (Å²) in [5, 5.41) is 4.85. The third kappa shape index (κ3) is 8.39. The van der Waals surface area contributed by atoms with E-state index >= 15 is 0 Å². The van der Waals surface area contributed by atoms with Crippen molar-refractivity contribution in [2.75, 3.05) is 6.54 Å². The van der Waals surface area contributed by atoms with Gasteiger partial charge in [0.2, 0.25) is 0 Å². The highest BCUT2D eigenvalue weighted by molar-refractivity contribution is 6.03. The number of nitrogens with one attached hydrogen (secondary N) is 1. The molecule has 0 radical (unpaired) electrons. The van der Waals surface area contributed by atoms with Crippen LogP contribution in [0, 0.1) is 5.41 Å². The number of hydrogen-bond acceptors (Lipinski definition) is 3. The molecule has 0 atom stereocenters. The first-order chi connectivity index (χ1) is 19.4. The number of hydrogen-bond donors (Lipinski definition) is 1. The maximum absolute atomic E-state index is 5.27. The lowest BCUT2D eigenvalue weighted by Crippen LogP contribution is -2.14. The molecule has 40 heavy (non-hydrogen) atoms. The number of para-hydroxylation sites is 1. The summed E-state index contributed by atoms with van der Waals surface area (Å²) >= 11 is 0. The van der Waals surface area contributed by atoms with Gasteiger partial charge >= 0.3 is 0 Å². The molecule has 216 valence electrons. The number of pyridine rings is 1. The number of fused-ring (bicyclic) bond motifs is 3. The zero-order chi connectivity index (χ0) is 28.4. The first-order valence-corrected chi connectivity index (χ1v) is 15.9. The average Bonchev–Trinajstić information content (AvgIpc) is 3.29.